The fourth-order valence-corrected chi connectivity index (χ4v) is 0.774. The molecule has 3 nitrogen and oxygen atoms in total. The van der Waals surface area contributed by atoms with E-state index in [0.717, 1.165) is 6.42 Å². The minimum absolute atomic E-state index is 0. The number of halogens is 1. The van der Waals surface area contributed by atoms with Crippen molar-refractivity contribution in [3.8, 4) is 5.75 Å². The van der Waals surface area contributed by atoms with Gasteiger partial charge in [0.25, 0.3) is 0 Å². The molecule has 0 heterocycles. The first-order valence-corrected chi connectivity index (χ1v) is 4.23. The van der Waals surface area contributed by atoms with Crippen LogP contribution >= 0.6 is 0 Å². The van der Waals surface area contributed by atoms with Crippen molar-refractivity contribution in [3.63, 3.8) is 0 Å². The molecule has 0 aromatic heterocycles. The van der Waals surface area contributed by atoms with Gasteiger partial charge in [-0.1, -0.05) is 19.1 Å². The SMILES string of the molecule is CCCOc1ccccc1F.O[B]O. The summed E-state index contributed by atoms with van der Waals surface area (Å²) < 4.78 is 17.9. The van der Waals surface area contributed by atoms with E-state index in [0.29, 0.717) is 12.4 Å². The zero-order valence-corrected chi connectivity index (χ0v) is 7.98. The van der Waals surface area contributed by atoms with E-state index in [9.17, 15) is 4.39 Å². The van der Waals surface area contributed by atoms with Crippen molar-refractivity contribution in [2.24, 2.45) is 0 Å². The third-order valence-corrected chi connectivity index (χ3v) is 1.30. The van der Waals surface area contributed by atoms with Crippen LogP contribution in [0.1, 0.15) is 13.3 Å². The van der Waals surface area contributed by atoms with E-state index < -0.39 is 0 Å². The highest BCUT2D eigenvalue weighted by atomic mass is 19.1. The molecule has 5 heteroatoms. The Kier molecular flexibility index (Phi) is 7.88. The van der Waals surface area contributed by atoms with Gasteiger partial charge in [-0.25, -0.2) is 4.39 Å². The second kappa shape index (κ2) is 8.53. The van der Waals surface area contributed by atoms with Gasteiger partial charge in [-0.3, -0.25) is 0 Å². The van der Waals surface area contributed by atoms with Gasteiger partial charge in [0.1, 0.15) is 0 Å². The molecule has 0 aliphatic rings. The predicted octanol–water partition coefficient (Wildman–Crippen LogP) is 1.12. The van der Waals surface area contributed by atoms with Gasteiger partial charge in [-0.15, -0.1) is 0 Å². The zero-order valence-electron chi connectivity index (χ0n) is 7.98. The van der Waals surface area contributed by atoms with Gasteiger partial charge in [-0.05, 0) is 18.6 Å². The smallest absolute Gasteiger partial charge is 0.482 e. The second-order valence-corrected chi connectivity index (χ2v) is 2.39. The zero-order chi connectivity index (χ0) is 10.8. The molecule has 0 aliphatic carbocycles. The van der Waals surface area contributed by atoms with E-state index in [1.165, 1.54) is 6.07 Å². The maximum Gasteiger partial charge on any atom is 0.482 e. The minimum Gasteiger partial charge on any atom is -0.491 e. The van der Waals surface area contributed by atoms with Gasteiger partial charge in [0, 0.05) is 0 Å². The molecule has 1 radical (unpaired) electrons. The normalized spacial score (nSPS) is 8.57. The topological polar surface area (TPSA) is 49.7 Å². The third kappa shape index (κ3) is 5.56. The second-order valence-electron chi connectivity index (χ2n) is 2.39. The summed E-state index contributed by atoms with van der Waals surface area (Å²) >= 11 is 0. The van der Waals surface area contributed by atoms with Crippen LogP contribution in [0.25, 0.3) is 0 Å². The van der Waals surface area contributed by atoms with Gasteiger partial charge < -0.3 is 14.8 Å². The number of hydrogen-bond acceptors (Lipinski definition) is 3. The van der Waals surface area contributed by atoms with Crippen LogP contribution in [0.2, 0.25) is 0 Å². The van der Waals surface area contributed by atoms with Crippen LogP contribution in [0, 0.1) is 5.82 Å². The highest BCUT2D eigenvalue weighted by Gasteiger charge is 1.98. The van der Waals surface area contributed by atoms with Gasteiger partial charge in [0.05, 0.1) is 6.61 Å². The van der Waals surface area contributed by atoms with Crippen LogP contribution in [0.4, 0.5) is 4.39 Å². The van der Waals surface area contributed by atoms with Crippen LogP contribution in [-0.2, 0) is 0 Å². The lowest BCUT2D eigenvalue weighted by Crippen LogP contribution is -1.96. The van der Waals surface area contributed by atoms with Crippen molar-refractivity contribution in [3.05, 3.63) is 30.1 Å². The lowest BCUT2D eigenvalue weighted by Gasteiger charge is -2.03. The lowest BCUT2D eigenvalue weighted by atomic mass is 10.3. The Labute approximate surface area is 83.5 Å². The van der Waals surface area contributed by atoms with E-state index in [-0.39, 0.29) is 13.5 Å². The molecule has 77 valence electrons. The van der Waals surface area contributed by atoms with Gasteiger partial charge in [0.15, 0.2) is 11.6 Å². The fourth-order valence-electron chi connectivity index (χ4n) is 0.774. The fraction of sp³-hybridized carbons (Fsp3) is 0.333. The van der Waals surface area contributed by atoms with Crippen LogP contribution in [-0.4, -0.2) is 24.3 Å². The largest absolute Gasteiger partial charge is 0.491 e. The quantitative estimate of drug-likeness (QED) is 0.717. The molecule has 0 bridgehead atoms. The molecule has 1 aromatic carbocycles. The molecule has 1 aromatic rings. The molecule has 0 saturated carbocycles. The highest BCUT2D eigenvalue weighted by molar-refractivity contribution is 6.13. The van der Waals surface area contributed by atoms with E-state index in [4.69, 9.17) is 14.8 Å². The number of benzene rings is 1. The van der Waals surface area contributed by atoms with Gasteiger partial charge >= 0.3 is 7.69 Å². The van der Waals surface area contributed by atoms with Crippen molar-refractivity contribution in [1.82, 2.24) is 0 Å². The van der Waals surface area contributed by atoms with Crippen molar-refractivity contribution in [2.45, 2.75) is 13.3 Å². The van der Waals surface area contributed by atoms with Crippen molar-refractivity contribution in [2.75, 3.05) is 6.61 Å². The molecular weight excluding hydrogens is 186 g/mol. The molecule has 0 fully saturated rings. The highest BCUT2D eigenvalue weighted by Crippen LogP contribution is 2.14. The molecule has 0 spiro atoms. The molecular formula is C9H13BFO3. The van der Waals surface area contributed by atoms with Gasteiger partial charge in [0.2, 0.25) is 0 Å². The third-order valence-electron chi connectivity index (χ3n) is 1.30. The molecule has 0 unspecified atom stereocenters. The Hall–Kier alpha value is -1.07. The standard InChI is InChI=1S/C9H11FO.BH2O2/c1-2-7-11-9-6-4-3-5-8(9)10;2-1-3/h3-6H,2,7H2,1H3;2-3H. The first kappa shape index (κ1) is 12.9. The summed E-state index contributed by atoms with van der Waals surface area (Å²) in [5.41, 5.74) is 0. The Balaban J connectivity index is 0.000000500. The summed E-state index contributed by atoms with van der Waals surface area (Å²) in [6, 6.07) is 6.43. The molecule has 2 N–H and O–H groups in total. The number of para-hydroxylation sites is 1. The first-order valence-electron chi connectivity index (χ1n) is 4.23. The lowest BCUT2D eigenvalue weighted by molar-refractivity contribution is 0.301. The Morgan fingerprint density at radius 1 is 1.36 bits per heavy atom. The van der Waals surface area contributed by atoms with Crippen molar-refractivity contribution in [1.29, 1.82) is 0 Å². The molecule has 1 rings (SSSR count). The average Bonchev–Trinajstić information content (AvgIpc) is 2.18. The molecule has 0 amide bonds. The van der Waals surface area contributed by atoms with Crippen molar-refractivity contribution < 1.29 is 19.2 Å². The maximum atomic E-state index is 12.8. The number of rotatable bonds is 3. The molecule has 14 heavy (non-hydrogen) atoms. The van der Waals surface area contributed by atoms with E-state index >= 15 is 0 Å². The summed E-state index contributed by atoms with van der Waals surface area (Å²) in [7, 11) is 0. The summed E-state index contributed by atoms with van der Waals surface area (Å²) in [6.07, 6.45) is 0.897. The first-order chi connectivity index (χ1) is 6.76. The summed E-state index contributed by atoms with van der Waals surface area (Å²) in [5.74, 6) is 0.0512. The molecule has 0 saturated heterocycles. The average molecular weight is 199 g/mol. The minimum atomic E-state index is -0.291. The van der Waals surface area contributed by atoms with Gasteiger partial charge in [-0.2, -0.15) is 0 Å². The Bertz CT molecular complexity index is 245. The van der Waals surface area contributed by atoms with Crippen LogP contribution in [0.3, 0.4) is 0 Å². The Morgan fingerprint density at radius 2 is 1.93 bits per heavy atom. The van der Waals surface area contributed by atoms with E-state index in [1.54, 1.807) is 18.2 Å². The Morgan fingerprint density at radius 3 is 2.43 bits per heavy atom. The molecule has 0 aliphatic heterocycles. The van der Waals surface area contributed by atoms with E-state index in [1.807, 2.05) is 6.92 Å². The van der Waals surface area contributed by atoms with Crippen molar-refractivity contribution >= 4 is 7.69 Å². The number of hydrogen-bond donors (Lipinski definition) is 2. The summed E-state index contributed by atoms with van der Waals surface area (Å²) in [4.78, 5) is 0. The number of ether oxygens (including phenoxy) is 1. The predicted molar refractivity (Wildman–Crippen MR) is 52.4 cm³/mol. The molecule has 0 atom stereocenters. The summed E-state index contributed by atoms with van der Waals surface area (Å²) in [5, 5.41) is 14.0. The maximum absolute atomic E-state index is 12.8. The van der Waals surface area contributed by atoms with E-state index in [2.05, 4.69) is 0 Å². The van der Waals surface area contributed by atoms with Crippen LogP contribution in [0.15, 0.2) is 24.3 Å². The van der Waals surface area contributed by atoms with Crippen LogP contribution in [0.5, 0.6) is 5.75 Å². The van der Waals surface area contributed by atoms with Crippen LogP contribution < -0.4 is 4.74 Å². The monoisotopic (exact) mass is 199 g/mol. The summed E-state index contributed by atoms with van der Waals surface area (Å²) in [6.45, 7) is 2.56.